The summed E-state index contributed by atoms with van der Waals surface area (Å²) in [5.41, 5.74) is 1.39. The molecule has 0 radical (unpaired) electrons. The molecule has 0 aliphatic carbocycles. The van der Waals surface area contributed by atoms with Gasteiger partial charge in [0, 0.05) is 21.8 Å². The summed E-state index contributed by atoms with van der Waals surface area (Å²) in [5, 5.41) is 19.2. The molecule has 92 valence electrons. The number of phenolic OH excluding ortho intramolecular Hbond substituents is 2. The van der Waals surface area contributed by atoms with Gasteiger partial charge in [-0.3, -0.25) is 4.99 Å². The van der Waals surface area contributed by atoms with Gasteiger partial charge in [0.2, 0.25) is 0 Å². The third-order valence-electron chi connectivity index (χ3n) is 2.47. The second kappa shape index (κ2) is 5.69. The molecular weight excluding hydrogens is 294 g/mol. The number of halogens is 1. The van der Waals surface area contributed by atoms with E-state index in [2.05, 4.69) is 20.9 Å². The number of hydrogen-bond donors (Lipinski definition) is 2. The van der Waals surface area contributed by atoms with E-state index in [0.29, 0.717) is 12.1 Å². The van der Waals surface area contributed by atoms with E-state index in [-0.39, 0.29) is 11.5 Å². The zero-order valence-electron chi connectivity index (χ0n) is 9.55. The summed E-state index contributed by atoms with van der Waals surface area (Å²) in [4.78, 5) is 4.21. The fourth-order valence-corrected chi connectivity index (χ4v) is 1.89. The quantitative estimate of drug-likeness (QED) is 0.853. The van der Waals surface area contributed by atoms with Crippen molar-refractivity contribution in [3.63, 3.8) is 0 Å². The summed E-state index contributed by atoms with van der Waals surface area (Å²) in [6.45, 7) is 0.374. The minimum Gasteiger partial charge on any atom is -0.508 e. The first-order valence-electron chi connectivity index (χ1n) is 5.42. The fraction of sp³-hybridized carbons (Fsp3) is 0.0714. The molecule has 2 aromatic carbocycles. The Bertz CT molecular complexity index is 582. The van der Waals surface area contributed by atoms with Gasteiger partial charge in [-0.05, 0) is 24.3 Å². The van der Waals surface area contributed by atoms with Gasteiger partial charge >= 0.3 is 0 Å². The molecule has 0 unspecified atom stereocenters. The third-order valence-corrected chi connectivity index (χ3v) is 2.97. The number of rotatable bonds is 3. The van der Waals surface area contributed by atoms with E-state index in [1.165, 1.54) is 0 Å². The lowest BCUT2D eigenvalue weighted by molar-refractivity contribution is 0.468. The zero-order valence-corrected chi connectivity index (χ0v) is 11.1. The van der Waals surface area contributed by atoms with Crippen LogP contribution in [0.1, 0.15) is 11.1 Å². The highest BCUT2D eigenvalue weighted by Gasteiger charge is 2.00. The molecule has 3 nitrogen and oxygen atoms in total. The van der Waals surface area contributed by atoms with Crippen LogP contribution in [-0.2, 0) is 6.54 Å². The topological polar surface area (TPSA) is 52.8 Å². The maximum atomic E-state index is 9.63. The molecule has 2 aromatic rings. The molecule has 2 N–H and O–H groups in total. The van der Waals surface area contributed by atoms with Crippen molar-refractivity contribution in [1.29, 1.82) is 0 Å². The van der Waals surface area contributed by atoms with Gasteiger partial charge in [0.1, 0.15) is 11.5 Å². The highest BCUT2D eigenvalue weighted by molar-refractivity contribution is 9.10. The van der Waals surface area contributed by atoms with Crippen molar-refractivity contribution in [3.05, 3.63) is 58.1 Å². The van der Waals surface area contributed by atoms with E-state index >= 15 is 0 Å². The van der Waals surface area contributed by atoms with Crippen molar-refractivity contribution in [1.82, 2.24) is 0 Å². The van der Waals surface area contributed by atoms with Crippen LogP contribution in [0.2, 0.25) is 0 Å². The van der Waals surface area contributed by atoms with Gasteiger partial charge in [-0.1, -0.05) is 34.1 Å². The van der Waals surface area contributed by atoms with Crippen LogP contribution in [0.15, 0.2) is 51.9 Å². The molecular formula is C14H12BrNO2. The van der Waals surface area contributed by atoms with Gasteiger partial charge in [0.25, 0.3) is 0 Å². The lowest BCUT2D eigenvalue weighted by Gasteiger charge is -2.01. The number of para-hydroxylation sites is 1. The number of benzene rings is 2. The summed E-state index contributed by atoms with van der Waals surface area (Å²) in [7, 11) is 0. The number of nitrogens with zero attached hydrogens (tertiary/aromatic N) is 1. The standard InChI is InChI=1S/C14H12BrNO2/c15-12-5-6-14(18)11(7-12)9-16-8-10-3-1-2-4-13(10)17/h1-7,9,17-18H,8H2. The van der Waals surface area contributed by atoms with E-state index in [1.54, 1.807) is 36.5 Å². The number of aromatic hydroxyl groups is 2. The summed E-state index contributed by atoms with van der Waals surface area (Å²) in [6.07, 6.45) is 1.59. The maximum Gasteiger partial charge on any atom is 0.124 e. The minimum absolute atomic E-state index is 0.180. The summed E-state index contributed by atoms with van der Waals surface area (Å²) >= 11 is 3.33. The van der Waals surface area contributed by atoms with Crippen molar-refractivity contribution in [2.75, 3.05) is 0 Å². The van der Waals surface area contributed by atoms with Gasteiger partial charge in [-0.2, -0.15) is 0 Å². The first kappa shape index (κ1) is 12.6. The number of hydrogen-bond acceptors (Lipinski definition) is 3. The number of aliphatic imine (C=N–C) groups is 1. The van der Waals surface area contributed by atoms with Crippen molar-refractivity contribution in [3.8, 4) is 11.5 Å². The van der Waals surface area contributed by atoms with Crippen LogP contribution in [0.3, 0.4) is 0 Å². The second-order valence-electron chi connectivity index (χ2n) is 3.80. The van der Waals surface area contributed by atoms with Gasteiger partial charge in [-0.25, -0.2) is 0 Å². The van der Waals surface area contributed by atoms with Crippen molar-refractivity contribution < 1.29 is 10.2 Å². The van der Waals surface area contributed by atoms with Gasteiger partial charge in [-0.15, -0.1) is 0 Å². The molecule has 0 spiro atoms. The molecule has 0 saturated carbocycles. The lowest BCUT2D eigenvalue weighted by Crippen LogP contribution is -1.86. The third kappa shape index (κ3) is 3.11. The van der Waals surface area contributed by atoms with Gasteiger partial charge < -0.3 is 10.2 Å². The molecule has 0 aromatic heterocycles. The summed E-state index contributed by atoms with van der Waals surface area (Å²) < 4.78 is 0.879. The summed E-state index contributed by atoms with van der Waals surface area (Å²) in [5.74, 6) is 0.410. The molecule has 0 heterocycles. The Kier molecular flexibility index (Phi) is 3.99. The normalized spacial score (nSPS) is 10.9. The second-order valence-corrected chi connectivity index (χ2v) is 4.72. The average molecular weight is 306 g/mol. The van der Waals surface area contributed by atoms with Crippen molar-refractivity contribution >= 4 is 22.1 Å². The minimum atomic E-state index is 0.180. The smallest absolute Gasteiger partial charge is 0.124 e. The van der Waals surface area contributed by atoms with E-state index in [0.717, 1.165) is 10.0 Å². The van der Waals surface area contributed by atoms with Crippen LogP contribution in [0.4, 0.5) is 0 Å². The Morgan fingerprint density at radius 2 is 1.83 bits per heavy atom. The number of phenols is 2. The molecule has 0 amide bonds. The molecule has 0 saturated heterocycles. The van der Waals surface area contributed by atoms with Gasteiger partial charge in [0.05, 0.1) is 6.54 Å². The Morgan fingerprint density at radius 3 is 2.61 bits per heavy atom. The Balaban J connectivity index is 2.12. The molecule has 0 atom stereocenters. The van der Waals surface area contributed by atoms with Crippen molar-refractivity contribution in [2.24, 2.45) is 4.99 Å². The average Bonchev–Trinajstić information content (AvgIpc) is 2.36. The van der Waals surface area contributed by atoms with Crippen LogP contribution >= 0.6 is 15.9 Å². The highest BCUT2D eigenvalue weighted by Crippen LogP contribution is 2.21. The lowest BCUT2D eigenvalue weighted by atomic mass is 10.2. The Labute approximate surface area is 114 Å². The molecule has 0 bridgehead atoms. The largest absolute Gasteiger partial charge is 0.508 e. The van der Waals surface area contributed by atoms with E-state index < -0.39 is 0 Å². The Hall–Kier alpha value is -1.81. The molecule has 18 heavy (non-hydrogen) atoms. The highest BCUT2D eigenvalue weighted by atomic mass is 79.9. The zero-order chi connectivity index (χ0) is 13.0. The molecule has 0 aliphatic rings. The van der Waals surface area contributed by atoms with Gasteiger partial charge in [0.15, 0.2) is 0 Å². The SMILES string of the molecule is Oc1ccc(Br)cc1C=NCc1ccccc1O. The monoisotopic (exact) mass is 305 g/mol. The molecule has 0 fully saturated rings. The molecule has 4 heteroatoms. The first-order chi connectivity index (χ1) is 8.66. The maximum absolute atomic E-state index is 9.63. The molecule has 0 aliphatic heterocycles. The molecule has 2 rings (SSSR count). The van der Waals surface area contributed by atoms with Crippen LogP contribution in [0.25, 0.3) is 0 Å². The predicted molar refractivity (Wildman–Crippen MR) is 75.2 cm³/mol. The summed E-state index contributed by atoms with van der Waals surface area (Å²) in [6, 6.07) is 12.2. The van der Waals surface area contributed by atoms with Crippen LogP contribution in [0.5, 0.6) is 11.5 Å². The van der Waals surface area contributed by atoms with Crippen molar-refractivity contribution in [2.45, 2.75) is 6.54 Å². The van der Waals surface area contributed by atoms with Crippen LogP contribution in [0, 0.1) is 0 Å². The Morgan fingerprint density at radius 1 is 1.06 bits per heavy atom. The van der Waals surface area contributed by atoms with Crippen LogP contribution in [-0.4, -0.2) is 16.4 Å². The predicted octanol–water partition coefficient (Wildman–Crippen LogP) is 3.48. The fourth-order valence-electron chi connectivity index (χ4n) is 1.52. The van der Waals surface area contributed by atoms with E-state index in [1.807, 2.05) is 12.1 Å². The first-order valence-corrected chi connectivity index (χ1v) is 6.21. The van der Waals surface area contributed by atoms with E-state index in [9.17, 15) is 10.2 Å². The van der Waals surface area contributed by atoms with E-state index in [4.69, 9.17) is 0 Å². The van der Waals surface area contributed by atoms with Crippen LogP contribution < -0.4 is 0 Å².